The van der Waals surface area contributed by atoms with E-state index in [0.717, 1.165) is 33.0 Å². The van der Waals surface area contributed by atoms with Crippen LogP contribution < -0.4 is 10.1 Å². The molecule has 33 heavy (non-hydrogen) atoms. The molecule has 1 aliphatic heterocycles. The Bertz CT molecular complexity index is 1490. The average molecular weight is 458 g/mol. The number of nitrogens with zero attached hydrogens (tertiary/aromatic N) is 2. The molecule has 1 aliphatic rings. The summed E-state index contributed by atoms with van der Waals surface area (Å²) in [7, 11) is 1.64. The van der Waals surface area contributed by atoms with Crippen molar-refractivity contribution in [1.82, 2.24) is 9.88 Å². The van der Waals surface area contributed by atoms with E-state index in [1.807, 2.05) is 60.7 Å². The van der Waals surface area contributed by atoms with Crippen LogP contribution in [0.4, 0.5) is 5.69 Å². The molecule has 0 atom stereocenters. The van der Waals surface area contributed by atoms with Gasteiger partial charge in [0, 0.05) is 17.1 Å². The number of carbonyl (C=O) groups is 2. The first kappa shape index (κ1) is 20.8. The Hall–Kier alpha value is -4.04. The van der Waals surface area contributed by atoms with Gasteiger partial charge in [0.05, 0.1) is 17.7 Å². The van der Waals surface area contributed by atoms with Crippen LogP contribution in [-0.2, 0) is 16.1 Å². The Labute approximate surface area is 193 Å². The summed E-state index contributed by atoms with van der Waals surface area (Å²) in [5.74, 6) is -0.286. The predicted molar refractivity (Wildman–Crippen MR) is 131 cm³/mol. The SMILES string of the molecule is COc1ccc2cc(C=C3SC(=Nc4ccc5c(ccn5CC(=O)O)c4)NC3=O)ccc2c1. The summed E-state index contributed by atoms with van der Waals surface area (Å²) in [6, 6.07) is 19.2. The van der Waals surface area contributed by atoms with Crippen LogP contribution in [0.2, 0.25) is 0 Å². The van der Waals surface area contributed by atoms with E-state index in [1.165, 1.54) is 11.8 Å². The second-order valence-electron chi connectivity index (χ2n) is 7.53. The van der Waals surface area contributed by atoms with Crippen LogP contribution >= 0.6 is 11.8 Å². The second kappa shape index (κ2) is 8.48. The monoisotopic (exact) mass is 457 g/mol. The van der Waals surface area contributed by atoms with E-state index in [-0.39, 0.29) is 12.5 Å². The summed E-state index contributed by atoms with van der Waals surface area (Å²) in [6.45, 7) is -0.0975. The molecule has 2 N–H and O–H groups in total. The molecule has 4 aromatic rings. The molecule has 0 aliphatic carbocycles. The Kier molecular flexibility index (Phi) is 5.35. The molecule has 5 rings (SSSR count). The molecule has 0 bridgehead atoms. The van der Waals surface area contributed by atoms with Gasteiger partial charge >= 0.3 is 5.97 Å². The number of fused-ring (bicyclic) bond motifs is 2. The molecule has 1 fully saturated rings. The maximum atomic E-state index is 12.5. The van der Waals surface area contributed by atoms with Crippen LogP contribution in [0.1, 0.15) is 5.56 Å². The number of methoxy groups -OCH3 is 1. The lowest BCUT2D eigenvalue weighted by atomic mass is 10.1. The third-order valence-electron chi connectivity index (χ3n) is 5.31. The van der Waals surface area contributed by atoms with E-state index in [9.17, 15) is 9.59 Å². The molecule has 0 saturated carbocycles. The normalized spacial score (nSPS) is 16.1. The van der Waals surface area contributed by atoms with Gasteiger partial charge in [0.1, 0.15) is 12.3 Å². The van der Waals surface area contributed by atoms with Gasteiger partial charge in [-0.25, -0.2) is 4.99 Å². The number of amidine groups is 1. The van der Waals surface area contributed by atoms with Gasteiger partial charge < -0.3 is 19.7 Å². The van der Waals surface area contributed by atoms with Crippen LogP contribution in [0.15, 0.2) is 76.8 Å². The largest absolute Gasteiger partial charge is 0.497 e. The number of aromatic nitrogens is 1. The molecule has 8 heteroatoms. The van der Waals surface area contributed by atoms with Crippen molar-refractivity contribution in [2.24, 2.45) is 4.99 Å². The molecule has 164 valence electrons. The smallest absolute Gasteiger partial charge is 0.323 e. The fourth-order valence-corrected chi connectivity index (χ4v) is 4.59. The summed E-state index contributed by atoms with van der Waals surface area (Å²) >= 11 is 1.29. The number of carbonyl (C=O) groups excluding carboxylic acids is 1. The van der Waals surface area contributed by atoms with E-state index in [0.29, 0.717) is 15.8 Å². The highest BCUT2D eigenvalue weighted by atomic mass is 32.2. The lowest BCUT2D eigenvalue weighted by Crippen LogP contribution is -2.19. The molecule has 7 nitrogen and oxygen atoms in total. The summed E-state index contributed by atoms with van der Waals surface area (Å²) in [4.78, 5) is 28.6. The van der Waals surface area contributed by atoms with Crippen LogP contribution in [0.25, 0.3) is 27.8 Å². The number of thioether (sulfide) groups is 1. The van der Waals surface area contributed by atoms with E-state index < -0.39 is 5.97 Å². The van der Waals surface area contributed by atoms with Crippen molar-refractivity contribution >= 4 is 62.2 Å². The van der Waals surface area contributed by atoms with Crippen molar-refractivity contribution in [1.29, 1.82) is 0 Å². The van der Waals surface area contributed by atoms with Gasteiger partial charge in [0.2, 0.25) is 0 Å². The number of carboxylic acid groups (broad SMARTS) is 1. The summed E-state index contributed by atoms with van der Waals surface area (Å²) in [5, 5.41) is 15.3. The molecule has 3 aromatic carbocycles. The highest BCUT2D eigenvalue weighted by Crippen LogP contribution is 2.30. The van der Waals surface area contributed by atoms with E-state index >= 15 is 0 Å². The zero-order chi connectivity index (χ0) is 22.9. The third kappa shape index (κ3) is 4.33. The highest BCUT2D eigenvalue weighted by Gasteiger charge is 2.24. The number of benzene rings is 3. The minimum absolute atomic E-state index is 0.0975. The van der Waals surface area contributed by atoms with Gasteiger partial charge in [-0.3, -0.25) is 9.59 Å². The number of ether oxygens (including phenoxy) is 1. The van der Waals surface area contributed by atoms with Crippen LogP contribution in [0.3, 0.4) is 0 Å². The van der Waals surface area contributed by atoms with Crippen molar-refractivity contribution in [3.05, 3.63) is 77.3 Å². The fraction of sp³-hybridized carbons (Fsp3) is 0.0800. The maximum Gasteiger partial charge on any atom is 0.323 e. The molecule has 0 unspecified atom stereocenters. The minimum atomic E-state index is -0.896. The molecule has 0 radical (unpaired) electrons. The van der Waals surface area contributed by atoms with Crippen molar-refractivity contribution in [2.75, 3.05) is 7.11 Å². The zero-order valence-electron chi connectivity index (χ0n) is 17.6. The Morgan fingerprint density at radius 1 is 1.09 bits per heavy atom. The summed E-state index contributed by atoms with van der Waals surface area (Å²) < 4.78 is 6.94. The number of nitrogens with one attached hydrogen (secondary N) is 1. The van der Waals surface area contributed by atoms with Crippen molar-refractivity contribution in [3.63, 3.8) is 0 Å². The number of carboxylic acids is 1. The van der Waals surface area contributed by atoms with Crippen LogP contribution in [0, 0.1) is 0 Å². The molecule has 1 aromatic heterocycles. The lowest BCUT2D eigenvalue weighted by Gasteiger charge is -2.03. The van der Waals surface area contributed by atoms with E-state index in [1.54, 1.807) is 23.9 Å². The number of rotatable bonds is 5. The number of aliphatic carboxylic acids is 1. The second-order valence-corrected chi connectivity index (χ2v) is 8.57. The fourth-order valence-electron chi connectivity index (χ4n) is 3.75. The number of hydrogen-bond acceptors (Lipinski definition) is 5. The molecule has 2 heterocycles. The molecule has 1 amide bonds. The van der Waals surface area contributed by atoms with Crippen molar-refractivity contribution < 1.29 is 19.4 Å². The summed E-state index contributed by atoms with van der Waals surface area (Å²) in [6.07, 6.45) is 3.59. The zero-order valence-corrected chi connectivity index (χ0v) is 18.4. The Morgan fingerprint density at radius 2 is 1.91 bits per heavy atom. The quantitative estimate of drug-likeness (QED) is 0.421. The first-order valence-electron chi connectivity index (χ1n) is 10.2. The van der Waals surface area contributed by atoms with Crippen molar-refractivity contribution in [3.8, 4) is 5.75 Å². The Morgan fingerprint density at radius 3 is 2.73 bits per heavy atom. The van der Waals surface area contributed by atoms with Gasteiger partial charge in [-0.2, -0.15) is 0 Å². The first-order valence-corrected chi connectivity index (χ1v) is 11.0. The first-order chi connectivity index (χ1) is 16.0. The Balaban J connectivity index is 1.38. The highest BCUT2D eigenvalue weighted by molar-refractivity contribution is 8.18. The molecule has 0 spiro atoms. The molecular formula is C25H19N3O4S. The van der Waals surface area contributed by atoms with Gasteiger partial charge in [0.15, 0.2) is 5.17 Å². The standard InChI is InChI=1S/C25H19N3O4S/c1-32-20-6-4-16-10-15(2-3-17(16)13-20)11-22-24(31)27-25(33-22)26-19-5-7-21-18(12-19)8-9-28(21)14-23(29)30/h2-13H,14H2,1H3,(H,29,30)(H,26,27,31). The number of hydrogen-bond donors (Lipinski definition) is 2. The molecular weight excluding hydrogens is 438 g/mol. The third-order valence-corrected chi connectivity index (χ3v) is 6.22. The average Bonchev–Trinajstić information content (AvgIpc) is 3.35. The maximum absolute atomic E-state index is 12.5. The minimum Gasteiger partial charge on any atom is -0.497 e. The topological polar surface area (TPSA) is 92.9 Å². The lowest BCUT2D eigenvalue weighted by molar-refractivity contribution is -0.137. The molecule has 1 saturated heterocycles. The van der Waals surface area contributed by atoms with E-state index in [2.05, 4.69) is 10.3 Å². The number of amides is 1. The van der Waals surface area contributed by atoms with E-state index in [4.69, 9.17) is 9.84 Å². The van der Waals surface area contributed by atoms with Gasteiger partial charge in [-0.05, 0) is 76.6 Å². The van der Waals surface area contributed by atoms with Gasteiger partial charge in [0.25, 0.3) is 5.91 Å². The summed E-state index contributed by atoms with van der Waals surface area (Å²) in [5.41, 5.74) is 2.42. The van der Waals surface area contributed by atoms with Gasteiger partial charge in [-0.1, -0.05) is 18.2 Å². The van der Waals surface area contributed by atoms with Crippen molar-refractivity contribution in [2.45, 2.75) is 6.54 Å². The van der Waals surface area contributed by atoms with Gasteiger partial charge in [-0.15, -0.1) is 0 Å². The predicted octanol–water partition coefficient (Wildman–Crippen LogP) is 4.78. The van der Waals surface area contributed by atoms with Crippen LogP contribution in [0.5, 0.6) is 5.75 Å². The van der Waals surface area contributed by atoms with Crippen LogP contribution in [-0.4, -0.2) is 33.8 Å². The number of aliphatic imine (C=N–C) groups is 1.